The predicted molar refractivity (Wildman–Crippen MR) is 61.7 cm³/mol. The largest absolute Gasteiger partial charge is 0.0843 e. The number of halogens is 1. The van der Waals surface area contributed by atoms with Crippen molar-refractivity contribution in [3.63, 3.8) is 0 Å². The maximum absolute atomic E-state index is 6.05. The predicted octanol–water partition coefficient (Wildman–Crippen LogP) is 4.06. The van der Waals surface area contributed by atoms with Gasteiger partial charge in [-0.25, -0.2) is 0 Å². The second-order valence-electron chi connectivity index (χ2n) is 3.62. The fraction of sp³-hybridized carbons (Fsp3) is 0.0769. The van der Waals surface area contributed by atoms with Gasteiger partial charge in [-0.3, -0.25) is 0 Å². The smallest absolute Gasteiger partial charge is 0.0418 e. The summed E-state index contributed by atoms with van der Waals surface area (Å²) in [6, 6.07) is 10.5. The van der Waals surface area contributed by atoms with Crippen molar-refractivity contribution in [2.24, 2.45) is 0 Å². The zero-order chi connectivity index (χ0) is 9.54. The molecule has 68 valence electrons. The van der Waals surface area contributed by atoms with Gasteiger partial charge in [0.25, 0.3) is 0 Å². The van der Waals surface area contributed by atoms with Crippen LogP contribution in [0.5, 0.6) is 0 Å². The third-order valence-corrected chi connectivity index (χ3v) is 2.91. The van der Waals surface area contributed by atoms with E-state index >= 15 is 0 Å². The molecule has 0 aliphatic heterocycles. The summed E-state index contributed by atoms with van der Waals surface area (Å²) in [7, 11) is 0. The van der Waals surface area contributed by atoms with E-state index in [1.807, 2.05) is 12.1 Å². The summed E-state index contributed by atoms with van der Waals surface area (Å²) in [6.45, 7) is 0. The summed E-state index contributed by atoms with van der Waals surface area (Å²) in [6.07, 6.45) is 5.38. The van der Waals surface area contributed by atoms with Crippen LogP contribution in [0.4, 0.5) is 0 Å². The van der Waals surface area contributed by atoms with E-state index in [0.717, 1.165) is 11.4 Å². The molecule has 0 saturated carbocycles. The van der Waals surface area contributed by atoms with Gasteiger partial charge < -0.3 is 0 Å². The van der Waals surface area contributed by atoms with Crippen molar-refractivity contribution in [1.82, 2.24) is 0 Å². The van der Waals surface area contributed by atoms with Crippen molar-refractivity contribution < 1.29 is 0 Å². The molecule has 0 unspecified atom stereocenters. The molecule has 14 heavy (non-hydrogen) atoms. The van der Waals surface area contributed by atoms with Gasteiger partial charge >= 0.3 is 0 Å². The second-order valence-corrected chi connectivity index (χ2v) is 4.05. The lowest BCUT2D eigenvalue weighted by Gasteiger charge is -2.12. The normalized spacial score (nSPS) is 13.5. The minimum Gasteiger partial charge on any atom is -0.0843 e. The van der Waals surface area contributed by atoms with Crippen LogP contribution in [0.25, 0.3) is 16.8 Å². The number of hydrogen-bond acceptors (Lipinski definition) is 0. The molecule has 0 amide bonds. The summed E-state index contributed by atoms with van der Waals surface area (Å²) in [5.41, 5.74) is 2.64. The van der Waals surface area contributed by atoms with Crippen LogP contribution in [0.2, 0.25) is 5.02 Å². The zero-order valence-corrected chi connectivity index (χ0v) is 8.38. The fourth-order valence-electron chi connectivity index (χ4n) is 2.12. The average Bonchev–Trinajstić information content (AvgIpc) is 2.18. The molecule has 0 radical (unpaired) electrons. The number of hydrogen-bond donors (Lipinski definition) is 0. The van der Waals surface area contributed by atoms with Crippen molar-refractivity contribution in [3.05, 3.63) is 52.6 Å². The number of benzene rings is 2. The molecule has 0 N–H and O–H groups in total. The lowest BCUT2D eigenvalue weighted by molar-refractivity contribution is 1.29. The van der Waals surface area contributed by atoms with Gasteiger partial charge in [0, 0.05) is 5.02 Å². The van der Waals surface area contributed by atoms with E-state index in [1.165, 1.54) is 21.9 Å². The first-order valence-electron chi connectivity index (χ1n) is 4.72. The summed E-state index contributed by atoms with van der Waals surface area (Å²) < 4.78 is 0. The minimum absolute atomic E-state index is 0.816. The Morgan fingerprint density at radius 1 is 1.14 bits per heavy atom. The van der Waals surface area contributed by atoms with Crippen LogP contribution >= 0.6 is 11.6 Å². The molecule has 0 bridgehead atoms. The van der Waals surface area contributed by atoms with Gasteiger partial charge in [0.2, 0.25) is 0 Å². The van der Waals surface area contributed by atoms with E-state index in [9.17, 15) is 0 Å². The molecule has 0 spiro atoms. The Kier molecular flexibility index (Phi) is 1.65. The van der Waals surface area contributed by atoms with Crippen molar-refractivity contribution in [1.29, 1.82) is 0 Å². The molecule has 1 aliphatic rings. The molecular weight excluding hydrogens is 192 g/mol. The van der Waals surface area contributed by atoms with E-state index in [0.29, 0.717) is 0 Å². The van der Waals surface area contributed by atoms with Crippen LogP contribution < -0.4 is 0 Å². The van der Waals surface area contributed by atoms with Gasteiger partial charge in [-0.15, -0.1) is 0 Å². The minimum atomic E-state index is 0.816. The van der Waals surface area contributed by atoms with Gasteiger partial charge in [0.15, 0.2) is 0 Å². The highest BCUT2D eigenvalue weighted by atomic mass is 35.5. The maximum atomic E-state index is 6.05. The molecule has 0 saturated heterocycles. The van der Waals surface area contributed by atoms with E-state index in [2.05, 4.69) is 30.4 Å². The van der Waals surface area contributed by atoms with Gasteiger partial charge in [-0.2, -0.15) is 0 Å². The lowest BCUT2D eigenvalue weighted by atomic mass is 9.93. The fourth-order valence-corrected chi connectivity index (χ4v) is 2.35. The lowest BCUT2D eigenvalue weighted by Crippen LogP contribution is -1.92. The van der Waals surface area contributed by atoms with E-state index in [1.54, 1.807) is 0 Å². The number of allylic oxidation sites excluding steroid dienone is 1. The third-order valence-electron chi connectivity index (χ3n) is 2.69. The molecule has 0 aromatic heterocycles. The molecule has 0 fully saturated rings. The molecular formula is C13H9Cl. The van der Waals surface area contributed by atoms with Gasteiger partial charge in [0.1, 0.15) is 0 Å². The Bertz CT molecular complexity index is 538. The van der Waals surface area contributed by atoms with Crippen molar-refractivity contribution >= 4 is 28.4 Å². The second kappa shape index (κ2) is 2.86. The summed E-state index contributed by atoms with van der Waals surface area (Å²) in [4.78, 5) is 0. The topological polar surface area (TPSA) is 0 Å². The van der Waals surface area contributed by atoms with E-state index < -0.39 is 0 Å². The van der Waals surface area contributed by atoms with Crippen LogP contribution in [0.3, 0.4) is 0 Å². The quantitative estimate of drug-likeness (QED) is 0.602. The van der Waals surface area contributed by atoms with Crippen molar-refractivity contribution in [2.75, 3.05) is 0 Å². The monoisotopic (exact) mass is 200 g/mol. The Morgan fingerprint density at radius 3 is 3.00 bits per heavy atom. The van der Waals surface area contributed by atoms with Crippen molar-refractivity contribution in [2.45, 2.75) is 6.42 Å². The first-order valence-corrected chi connectivity index (χ1v) is 5.10. The molecule has 0 nitrogen and oxygen atoms in total. The van der Waals surface area contributed by atoms with E-state index in [-0.39, 0.29) is 0 Å². The Hall–Kier alpha value is -1.27. The van der Waals surface area contributed by atoms with Crippen molar-refractivity contribution in [3.8, 4) is 0 Å². The summed E-state index contributed by atoms with van der Waals surface area (Å²) >= 11 is 6.05. The first kappa shape index (κ1) is 8.07. The van der Waals surface area contributed by atoms with Crippen LogP contribution in [0.1, 0.15) is 11.1 Å². The van der Waals surface area contributed by atoms with Gasteiger partial charge in [-0.05, 0) is 40.5 Å². The van der Waals surface area contributed by atoms with Crippen LogP contribution in [0.15, 0.2) is 36.4 Å². The van der Waals surface area contributed by atoms with E-state index in [4.69, 9.17) is 11.6 Å². The highest BCUT2D eigenvalue weighted by Gasteiger charge is 2.08. The summed E-state index contributed by atoms with van der Waals surface area (Å²) in [5, 5.41) is 3.42. The summed E-state index contributed by atoms with van der Waals surface area (Å²) in [5.74, 6) is 0. The Labute approximate surface area is 87.8 Å². The molecule has 1 aliphatic carbocycles. The average molecular weight is 201 g/mol. The van der Waals surface area contributed by atoms with Gasteiger partial charge in [-0.1, -0.05) is 42.0 Å². The first-order chi connectivity index (χ1) is 6.84. The highest BCUT2D eigenvalue weighted by molar-refractivity contribution is 6.31. The van der Waals surface area contributed by atoms with Gasteiger partial charge in [0.05, 0.1) is 0 Å². The molecule has 2 aromatic rings. The molecule has 0 atom stereocenters. The SMILES string of the molecule is Clc1cc2c3c(cccc3c1)CC=C2. The Morgan fingerprint density at radius 2 is 2.07 bits per heavy atom. The van der Waals surface area contributed by atoms with Crippen LogP contribution in [-0.2, 0) is 6.42 Å². The highest BCUT2D eigenvalue weighted by Crippen LogP contribution is 2.31. The van der Waals surface area contributed by atoms with Crippen LogP contribution in [0, 0.1) is 0 Å². The standard InChI is InChI=1S/C13H9Cl/c14-12-7-10-5-1-3-9-4-2-6-11(8-12)13(9)10/h1-3,5-8H,4H2. The molecule has 1 heteroatoms. The number of rotatable bonds is 0. The molecule has 3 rings (SSSR count). The molecule has 2 aromatic carbocycles. The molecule has 0 heterocycles. The Balaban J connectivity index is 2.53. The van der Waals surface area contributed by atoms with Crippen LogP contribution in [-0.4, -0.2) is 0 Å². The maximum Gasteiger partial charge on any atom is 0.0418 e. The third kappa shape index (κ3) is 1.08. The zero-order valence-electron chi connectivity index (χ0n) is 7.63.